The lowest BCUT2D eigenvalue weighted by Crippen LogP contribution is -2.49. The minimum Gasteiger partial charge on any atom is -0.295 e. The summed E-state index contributed by atoms with van der Waals surface area (Å²) in [5.74, 6) is 5.46. The van der Waals surface area contributed by atoms with E-state index in [1.54, 1.807) is 0 Å². The van der Waals surface area contributed by atoms with Gasteiger partial charge in [0.1, 0.15) is 0 Å². The van der Waals surface area contributed by atoms with Gasteiger partial charge in [-0.3, -0.25) is 4.79 Å². The number of ketones is 1. The van der Waals surface area contributed by atoms with E-state index in [-0.39, 0.29) is 5.41 Å². The molecule has 1 heteroatoms. The Morgan fingerprint density at radius 1 is 1.00 bits per heavy atom. The largest absolute Gasteiger partial charge is 0.295 e. The van der Waals surface area contributed by atoms with Crippen molar-refractivity contribution in [2.75, 3.05) is 0 Å². The summed E-state index contributed by atoms with van der Waals surface area (Å²) in [4.78, 5) is 12.0. The summed E-state index contributed by atoms with van der Waals surface area (Å²) in [6, 6.07) is 0. The Balaban J connectivity index is 1.57. The van der Waals surface area contributed by atoms with Gasteiger partial charge in [-0.15, -0.1) is 0 Å². The average Bonchev–Trinajstić information content (AvgIpc) is 3.03. The minimum absolute atomic E-state index is 0.227. The van der Waals surface area contributed by atoms with E-state index in [1.807, 2.05) is 6.08 Å². The Morgan fingerprint density at radius 2 is 1.76 bits per heavy atom. The van der Waals surface area contributed by atoms with Gasteiger partial charge in [0, 0.05) is 6.42 Å². The van der Waals surface area contributed by atoms with E-state index in [2.05, 4.69) is 65.8 Å². The molecule has 0 unspecified atom stereocenters. The van der Waals surface area contributed by atoms with Gasteiger partial charge in [-0.1, -0.05) is 65.8 Å². The standard InChI is InChI=1S/C28H42O/c1-18(2)19(3)7-8-20(4)24-11-12-25-23-10-9-21-17-22(29)13-15-27(21,5)26(23)14-16-28(24,25)6/h7-10,17-20,23-26H,11-16H2,1-6H3/b8-7+/t19-,20+,23-,24-,25+,26+,27+,28-/m0/s1. The molecule has 0 spiro atoms. The van der Waals surface area contributed by atoms with Gasteiger partial charge in [0.2, 0.25) is 0 Å². The Kier molecular flexibility index (Phi) is 5.50. The van der Waals surface area contributed by atoms with Crippen LogP contribution in [0.2, 0.25) is 0 Å². The van der Waals surface area contributed by atoms with Crippen LogP contribution in [0.15, 0.2) is 36.0 Å². The molecule has 1 nitrogen and oxygen atoms in total. The highest BCUT2D eigenvalue weighted by Gasteiger charge is 2.58. The smallest absolute Gasteiger partial charge is 0.156 e. The summed E-state index contributed by atoms with van der Waals surface area (Å²) in [6.45, 7) is 14.6. The third-order valence-electron chi connectivity index (χ3n) is 9.99. The number of carbonyl (C=O) groups excluding carboxylic acids is 1. The minimum atomic E-state index is 0.227. The van der Waals surface area contributed by atoms with Crippen LogP contribution in [-0.2, 0) is 4.79 Å². The van der Waals surface area contributed by atoms with E-state index in [1.165, 1.54) is 31.3 Å². The first-order valence-electron chi connectivity index (χ1n) is 12.3. The monoisotopic (exact) mass is 394 g/mol. The molecule has 8 atom stereocenters. The molecule has 0 aromatic carbocycles. The summed E-state index contributed by atoms with van der Waals surface area (Å²) < 4.78 is 0. The number of allylic oxidation sites excluding steroid dienone is 6. The van der Waals surface area contributed by atoms with E-state index < -0.39 is 0 Å². The molecule has 2 saturated carbocycles. The molecule has 0 amide bonds. The van der Waals surface area contributed by atoms with Gasteiger partial charge in [-0.05, 0) is 96.0 Å². The van der Waals surface area contributed by atoms with Gasteiger partial charge in [0.25, 0.3) is 0 Å². The zero-order valence-corrected chi connectivity index (χ0v) is 19.6. The van der Waals surface area contributed by atoms with Crippen LogP contribution in [0.3, 0.4) is 0 Å². The van der Waals surface area contributed by atoms with Crippen LogP contribution in [0.4, 0.5) is 0 Å². The van der Waals surface area contributed by atoms with Gasteiger partial charge >= 0.3 is 0 Å². The van der Waals surface area contributed by atoms with Crippen molar-refractivity contribution in [2.24, 2.45) is 52.3 Å². The highest BCUT2D eigenvalue weighted by molar-refractivity contribution is 5.92. The fourth-order valence-electron chi connectivity index (χ4n) is 7.61. The molecule has 2 fully saturated rings. The lowest BCUT2D eigenvalue weighted by atomic mass is 9.48. The van der Waals surface area contributed by atoms with Crippen molar-refractivity contribution in [2.45, 2.75) is 80.1 Å². The van der Waals surface area contributed by atoms with E-state index >= 15 is 0 Å². The van der Waals surface area contributed by atoms with E-state index in [0.29, 0.717) is 29.0 Å². The fourth-order valence-corrected chi connectivity index (χ4v) is 7.61. The lowest BCUT2D eigenvalue weighted by molar-refractivity contribution is -0.116. The topological polar surface area (TPSA) is 17.1 Å². The van der Waals surface area contributed by atoms with Crippen LogP contribution in [-0.4, -0.2) is 5.78 Å². The van der Waals surface area contributed by atoms with Gasteiger partial charge in [0.15, 0.2) is 5.78 Å². The molecule has 4 rings (SSSR count). The Hall–Kier alpha value is -1.11. The highest BCUT2D eigenvalue weighted by atomic mass is 16.1. The van der Waals surface area contributed by atoms with Crippen molar-refractivity contribution in [3.05, 3.63) is 36.0 Å². The molecule has 29 heavy (non-hydrogen) atoms. The molecule has 4 aliphatic carbocycles. The van der Waals surface area contributed by atoms with Crippen molar-refractivity contribution < 1.29 is 4.79 Å². The summed E-state index contributed by atoms with van der Waals surface area (Å²) >= 11 is 0. The van der Waals surface area contributed by atoms with Crippen molar-refractivity contribution in [1.29, 1.82) is 0 Å². The van der Waals surface area contributed by atoms with Gasteiger partial charge in [-0.25, -0.2) is 0 Å². The zero-order chi connectivity index (χ0) is 21.0. The predicted octanol–water partition coefficient (Wildman–Crippen LogP) is 7.39. The zero-order valence-electron chi connectivity index (χ0n) is 19.6. The summed E-state index contributed by atoms with van der Waals surface area (Å²) in [6.07, 6.45) is 19.1. The summed E-state index contributed by atoms with van der Waals surface area (Å²) in [5, 5.41) is 0. The van der Waals surface area contributed by atoms with Crippen LogP contribution in [0.5, 0.6) is 0 Å². The normalized spacial score (nSPS) is 43.7. The van der Waals surface area contributed by atoms with Crippen LogP contribution in [0.1, 0.15) is 80.1 Å². The van der Waals surface area contributed by atoms with E-state index in [9.17, 15) is 4.79 Å². The molecule has 0 aromatic rings. The molecule has 160 valence electrons. The van der Waals surface area contributed by atoms with Gasteiger partial charge < -0.3 is 0 Å². The van der Waals surface area contributed by atoms with Gasteiger partial charge in [-0.2, -0.15) is 0 Å². The van der Waals surface area contributed by atoms with Crippen LogP contribution >= 0.6 is 0 Å². The molecule has 0 aromatic heterocycles. The van der Waals surface area contributed by atoms with Crippen LogP contribution < -0.4 is 0 Å². The number of rotatable bonds is 4. The van der Waals surface area contributed by atoms with Crippen molar-refractivity contribution in [3.63, 3.8) is 0 Å². The Morgan fingerprint density at radius 3 is 2.48 bits per heavy atom. The van der Waals surface area contributed by atoms with Crippen LogP contribution in [0, 0.1) is 52.3 Å². The number of fused-ring (bicyclic) bond motifs is 5. The first-order valence-corrected chi connectivity index (χ1v) is 12.3. The summed E-state index contributed by atoms with van der Waals surface area (Å²) in [7, 11) is 0. The van der Waals surface area contributed by atoms with Crippen molar-refractivity contribution in [1.82, 2.24) is 0 Å². The van der Waals surface area contributed by atoms with Crippen molar-refractivity contribution >= 4 is 5.78 Å². The molecule has 0 aliphatic heterocycles. The molecule has 0 N–H and O–H groups in total. The molecule has 0 radical (unpaired) electrons. The van der Waals surface area contributed by atoms with E-state index in [0.717, 1.165) is 36.5 Å². The Labute approximate surface area is 179 Å². The second-order valence-corrected chi connectivity index (χ2v) is 11.7. The maximum absolute atomic E-state index is 12.0. The first kappa shape index (κ1) is 21.1. The molecule has 4 aliphatic rings. The Bertz CT molecular complexity index is 739. The predicted molar refractivity (Wildman–Crippen MR) is 122 cm³/mol. The van der Waals surface area contributed by atoms with Crippen LogP contribution in [0.25, 0.3) is 0 Å². The first-order chi connectivity index (χ1) is 13.7. The van der Waals surface area contributed by atoms with E-state index in [4.69, 9.17) is 0 Å². The maximum Gasteiger partial charge on any atom is 0.156 e. The number of hydrogen-bond donors (Lipinski definition) is 0. The second kappa shape index (κ2) is 7.54. The third-order valence-corrected chi connectivity index (χ3v) is 9.99. The van der Waals surface area contributed by atoms with Crippen molar-refractivity contribution in [3.8, 4) is 0 Å². The fraction of sp³-hybridized carbons (Fsp3) is 0.750. The lowest BCUT2D eigenvalue weighted by Gasteiger charge is -2.56. The number of carbonyl (C=O) groups is 1. The molecule has 0 bridgehead atoms. The molecular weight excluding hydrogens is 352 g/mol. The SMILES string of the molecule is CC(C)[C@@H](C)/C=C/[C@@H](C)[C@@H]1CC[C@@H]2[C@@H]3C=CC4=CC(=O)CC[C@@]4(C)[C@@H]3CC[C@]21C. The summed E-state index contributed by atoms with van der Waals surface area (Å²) in [5.41, 5.74) is 2.02. The average molecular weight is 395 g/mol. The second-order valence-electron chi connectivity index (χ2n) is 11.7. The number of hydrogen-bond acceptors (Lipinski definition) is 1. The molecule has 0 saturated heterocycles. The molecular formula is C28H42O. The van der Waals surface area contributed by atoms with Gasteiger partial charge in [0.05, 0.1) is 0 Å². The highest BCUT2D eigenvalue weighted by Crippen LogP contribution is 2.66. The maximum atomic E-state index is 12.0. The third kappa shape index (κ3) is 3.41. The molecule has 0 heterocycles. The quantitative estimate of drug-likeness (QED) is 0.454.